The molecule has 2 nitrogen and oxygen atoms in total. The first-order valence-electron chi connectivity index (χ1n) is 7.59. The smallest absolute Gasteiger partial charge is 0.124 e. The number of benzene rings is 1. The zero-order chi connectivity index (χ0) is 13.7. The molecule has 19 heavy (non-hydrogen) atoms. The highest BCUT2D eigenvalue weighted by atomic mass is 16.5. The molecular formula is C17H27NO. The summed E-state index contributed by atoms with van der Waals surface area (Å²) in [6, 6.07) is 8.37. The van der Waals surface area contributed by atoms with Crippen molar-refractivity contribution in [3.63, 3.8) is 0 Å². The van der Waals surface area contributed by atoms with Crippen LogP contribution in [0.25, 0.3) is 0 Å². The summed E-state index contributed by atoms with van der Waals surface area (Å²) in [5.41, 5.74) is 1.58. The van der Waals surface area contributed by atoms with Gasteiger partial charge in [-0.3, -0.25) is 0 Å². The van der Waals surface area contributed by atoms with E-state index in [4.69, 9.17) is 4.74 Å². The van der Waals surface area contributed by atoms with Crippen LogP contribution in [0.2, 0.25) is 0 Å². The van der Waals surface area contributed by atoms with Gasteiger partial charge in [0.1, 0.15) is 5.75 Å². The lowest BCUT2D eigenvalue weighted by Crippen LogP contribution is -2.43. The summed E-state index contributed by atoms with van der Waals surface area (Å²) in [4.78, 5) is 0. The first-order chi connectivity index (χ1) is 9.09. The SMILES string of the molecule is CC(C)Oc1ccccc1CNC1(C)CCCCC1. The number of para-hydroxylation sites is 1. The molecule has 1 aliphatic carbocycles. The van der Waals surface area contributed by atoms with Crippen LogP contribution in [0.4, 0.5) is 0 Å². The summed E-state index contributed by atoms with van der Waals surface area (Å²) in [5.74, 6) is 1.02. The van der Waals surface area contributed by atoms with E-state index in [9.17, 15) is 0 Å². The monoisotopic (exact) mass is 261 g/mol. The average molecular weight is 261 g/mol. The van der Waals surface area contributed by atoms with Crippen LogP contribution >= 0.6 is 0 Å². The van der Waals surface area contributed by atoms with Gasteiger partial charge in [0.2, 0.25) is 0 Å². The minimum Gasteiger partial charge on any atom is -0.491 e. The average Bonchev–Trinajstić information content (AvgIpc) is 2.38. The Bertz CT molecular complexity index is 394. The first-order valence-corrected chi connectivity index (χ1v) is 7.59. The summed E-state index contributed by atoms with van der Waals surface area (Å²) < 4.78 is 5.88. The molecule has 106 valence electrons. The van der Waals surface area contributed by atoms with Crippen molar-refractivity contribution in [1.82, 2.24) is 5.32 Å². The lowest BCUT2D eigenvalue weighted by molar-refractivity contribution is 0.231. The van der Waals surface area contributed by atoms with Crippen molar-refractivity contribution in [2.24, 2.45) is 0 Å². The van der Waals surface area contributed by atoms with Crippen molar-refractivity contribution in [3.8, 4) is 5.75 Å². The predicted molar refractivity (Wildman–Crippen MR) is 80.5 cm³/mol. The third-order valence-corrected chi connectivity index (χ3v) is 4.00. The van der Waals surface area contributed by atoms with Gasteiger partial charge < -0.3 is 10.1 Å². The summed E-state index contributed by atoms with van der Waals surface area (Å²) in [6.45, 7) is 7.41. The molecular weight excluding hydrogens is 234 g/mol. The molecule has 1 aromatic rings. The first kappa shape index (κ1) is 14.4. The second-order valence-corrected chi connectivity index (χ2v) is 6.25. The minimum absolute atomic E-state index is 0.228. The highest BCUT2D eigenvalue weighted by Crippen LogP contribution is 2.28. The van der Waals surface area contributed by atoms with Crippen molar-refractivity contribution in [1.29, 1.82) is 0 Å². The molecule has 0 aliphatic heterocycles. The number of hydrogen-bond donors (Lipinski definition) is 1. The molecule has 0 amide bonds. The summed E-state index contributed by atoms with van der Waals surface area (Å²) in [5, 5.41) is 3.75. The predicted octanol–water partition coefficient (Wildman–Crippen LogP) is 4.29. The summed E-state index contributed by atoms with van der Waals surface area (Å²) in [6.07, 6.45) is 6.91. The number of nitrogens with one attached hydrogen (secondary N) is 1. The van der Waals surface area contributed by atoms with Crippen LogP contribution in [0.5, 0.6) is 5.75 Å². The highest BCUT2D eigenvalue weighted by Gasteiger charge is 2.26. The Morgan fingerprint density at radius 1 is 1.16 bits per heavy atom. The maximum atomic E-state index is 5.88. The zero-order valence-corrected chi connectivity index (χ0v) is 12.5. The van der Waals surface area contributed by atoms with Crippen molar-refractivity contribution in [2.45, 2.75) is 71.1 Å². The Kier molecular flexibility index (Phi) is 4.87. The van der Waals surface area contributed by atoms with Crippen molar-refractivity contribution >= 4 is 0 Å². The molecule has 0 radical (unpaired) electrons. The fourth-order valence-corrected chi connectivity index (χ4v) is 2.84. The molecule has 1 N–H and O–H groups in total. The lowest BCUT2D eigenvalue weighted by Gasteiger charge is -2.35. The number of hydrogen-bond acceptors (Lipinski definition) is 2. The van der Waals surface area contributed by atoms with E-state index in [1.54, 1.807) is 0 Å². The number of rotatable bonds is 5. The second kappa shape index (κ2) is 6.42. The lowest BCUT2D eigenvalue weighted by atomic mass is 9.83. The molecule has 2 heteroatoms. The maximum Gasteiger partial charge on any atom is 0.124 e. The molecule has 1 saturated carbocycles. The van der Waals surface area contributed by atoms with E-state index in [2.05, 4.69) is 44.3 Å². The van der Waals surface area contributed by atoms with Crippen LogP contribution in [-0.2, 0) is 6.54 Å². The van der Waals surface area contributed by atoms with Crippen LogP contribution < -0.4 is 10.1 Å². The van der Waals surface area contributed by atoms with E-state index >= 15 is 0 Å². The van der Waals surface area contributed by atoms with Crippen molar-refractivity contribution in [2.75, 3.05) is 0 Å². The standard InChI is InChI=1S/C17H27NO/c1-14(2)19-16-10-6-5-9-15(16)13-18-17(3)11-7-4-8-12-17/h5-6,9-10,14,18H,4,7-8,11-13H2,1-3H3. The fourth-order valence-electron chi connectivity index (χ4n) is 2.84. The van der Waals surface area contributed by atoms with Crippen LogP contribution in [-0.4, -0.2) is 11.6 Å². The quantitative estimate of drug-likeness (QED) is 0.854. The van der Waals surface area contributed by atoms with Crippen LogP contribution in [0.1, 0.15) is 58.4 Å². The van der Waals surface area contributed by atoms with Gasteiger partial charge in [0.15, 0.2) is 0 Å². The van der Waals surface area contributed by atoms with E-state index < -0.39 is 0 Å². The van der Waals surface area contributed by atoms with E-state index in [0.29, 0.717) is 5.54 Å². The molecule has 1 aliphatic rings. The van der Waals surface area contributed by atoms with Gasteiger partial charge >= 0.3 is 0 Å². The molecule has 0 saturated heterocycles. The molecule has 1 fully saturated rings. The van der Waals surface area contributed by atoms with E-state index in [-0.39, 0.29) is 6.10 Å². The third-order valence-electron chi connectivity index (χ3n) is 4.00. The van der Waals surface area contributed by atoms with Crippen LogP contribution in [0.15, 0.2) is 24.3 Å². The molecule has 0 spiro atoms. The second-order valence-electron chi connectivity index (χ2n) is 6.25. The highest BCUT2D eigenvalue weighted by molar-refractivity contribution is 5.33. The Hall–Kier alpha value is -1.02. The fraction of sp³-hybridized carbons (Fsp3) is 0.647. The molecule has 1 aromatic carbocycles. The van der Waals surface area contributed by atoms with Crippen LogP contribution in [0.3, 0.4) is 0 Å². The number of ether oxygens (including phenoxy) is 1. The van der Waals surface area contributed by atoms with Gasteiger partial charge in [-0.25, -0.2) is 0 Å². The van der Waals surface area contributed by atoms with Crippen LogP contribution in [0, 0.1) is 0 Å². The van der Waals surface area contributed by atoms with Gasteiger partial charge in [-0.05, 0) is 39.7 Å². The molecule has 0 atom stereocenters. The molecule has 0 unspecified atom stereocenters. The Morgan fingerprint density at radius 3 is 2.53 bits per heavy atom. The van der Waals surface area contributed by atoms with Gasteiger partial charge in [-0.15, -0.1) is 0 Å². The van der Waals surface area contributed by atoms with Gasteiger partial charge in [0.25, 0.3) is 0 Å². The van der Waals surface area contributed by atoms with Gasteiger partial charge in [0.05, 0.1) is 6.10 Å². The Balaban J connectivity index is 1.98. The Morgan fingerprint density at radius 2 is 1.84 bits per heavy atom. The van der Waals surface area contributed by atoms with Crippen molar-refractivity contribution < 1.29 is 4.74 Å². The topological polar surface area (TPSA) is 21.3 Å². The summed E-state index contributed by atoms with van der Waals surface area (Å²) >= 11 is 0. The van der Waals surface area contributed by atoms with E-state index in [1.165, 1.54) is 37.7 Å². The van der Waals surface area contributed by atoms with Crippen molar-refractivity contribution in [3.05, 3.63) is 29.8 Å². The minimum atomic E-state index is 0.228. The molecule has 0 aromatic heterocycles. The molecule has 0 bridgehead atoms. The van der Waals surface area contributed by atoms with Gasteiger partial charge in [-0.2, -0.15) is 0 Å². The van der Waals surface area contributed by atoms with E-state index in [1.807, 2.05) is 6.07 Å². The largest absolute Gasteiger partial charge is 0.491 e. The molecule has 0 heterocycles. The van der Waals surface area contributed by atoms with E-state index in [0.717, 1.165) is 12.3 Å². The third kappa shape index (κ3) is 4.24. The van der Waals surface area contributed by atoms with Gasteiger partial charge in [0, 0.05) is 17.6 Å². The van der Waals surface area contributed by atoms with Gasteiger partial charge in [-0.1, -0.05) is 37.5 Å². The normalized spacial score (nSPS) is 18.5. The Labute approximate surface area is 117 Å². The summed E-state index contributed by atoms with van der Waals surface area (Å²) in [7, 11) is 0. The molecule has 2 rings (SSSR count). The zero-order valence-electron chi connectivity index (χ0n) is 12.5. The maximum absolute atomic E-state index is 5.88.